The SMILES string of the molecule is CCCCNc1nccc2c1c1ccccc1n2Cc1ccccc1. The molecule has 2 aromatic carbocycles. The molecular weight excluding hydrogens is 306 g/mol. The molecule has 0 aliphatic heterocycles. The third kappa shape index (κ3) is 2.98. The van der Waals surface area contributed by atoms with Gasteiger partial charge in [0.1, 0.15) is 5.82 Å². The lowest BCUT2D eigenvalue weighted by Gasteiger charge is -2.09. The maximum atomic E-state index is 4.62. The van der Waals surface area contributed by atoms with Gasteiger partial charge in [0.15, 0.2) is 0 Å². The summed E-state index contributed by atoms with van der Waals surface area (Å²) in [6, 6.07) is 21.4. The average Bonchev–Trinajstić information content (AvgIpc) is 2.98. The van der Waals surface area contributed by atoms with E-state index in [1.807, 2.05) is 6.20 Å². The number of nitrogens with zero attached hydrogens (tertiary/aromatic N) is 2. The molecule has 1 N–H and O–H groups in total. The average molecular weight is 329 g/mol. The molecule has 4 aromatic rings. The lowest BCUT2D eigenvalue weighted by atomic mass is 10.2. The van der Waals surface area contributed by atoms with E-state index in [0.717, 1.165) is 25.3 Å². The minimum absolute atomic E-state index is 0.864. The molecule has 3 heteroatoms. The van der Waals surface area contributed by atoms with Crippen LogP contribution < -0.4 is 5.32 Å². The van der Waals surface area contributed by atoms with Crippen LogP contribution in [0.3, 0.4) is 0 Å². The largest absolute Gasteiger partial charge is 0.369 e. The molecule has 126 valence electrons. The first-order valence-electron chi connectivity index (χ1n) is 9.02. The molecule has 2 heterocycles. The van der Waals surface area contributed by atoms with Crippen LogP contribution in [0.5, 0.6) is 0 Å². The second-order valence-corrected chi connectivity index (χ2v) is 6.42. The van der Waals surface area contributed by atoms with Gasteiger partial charge in [-0.05, 0) is 24.1 Å². The second-order valence-electron chi connectivity index (χ2n) is 6.42. The molecular formula is C22H23N3. The zero-order chi connectivity index (χ0) is 17.1. The Kier molecular flexibility index (Phi) is 4.38. The van der Waals surface area contributed by atoms with Crippen LogP contribution in [0.15, 0.2) is 66.9 Å². The number of aromatic nitrogens is 2. The zero-order valence-electron chi connectivity index (χ0n) is 14.6. The smallest absolute Gasteiger partial charge is 0.136 e. The molecule has 0 unspecified atom stereocenters. The molecule has 0 atom stereocenters. The van der Waals surface area contributed by atoms with E-state index in [1.54, 1.807) is 0 Å². The van der Waals surface area contributed by atoms with Crippen molar-refractivity contribution in [3.05, 3.63) is 72.4 Å². The summed E-state index contributed by atoms with van der Waals surface area (Å²) in [5.74, 6) is 0.994. The van der Waals surface area contributed by atoms with Gasteiger partial charge in [-0.25, -0.2) is 4.98 Å². The van der Waals surface area contributed by atoms with Crippen molar-refractivity contribution in [2.24, 2.45) is 0 Å². The molecule has 0 aliphatic rings. The second kappa shape index (κ2) is 6.98. The number of fused-ring (bicyclic) bond motifs is 3. The standard InChI is InChI=1S/C22H23N3/c1-2-3-14-23-22-21-18-11-7-8-12-19(18)25(20(21)13-15-24-22)16-17-9-5-4-6-10-17/h4-13,15H,2-3,14,16H2,1H3,(H,23,24). The van der Waals surface area contributed by atoms with Gasteiger partial charge in [0, 0.05) is 35.6 Å². The minimum atomic E-state index is 0.864. The molecule has 0 fully saturated rings. The van der Waals surface area contributed by atoms with Crippen LogP contribution in [0.1, 0.15) is 25.3 Å². The van der Waals surface area contributed by atoms with Crippen molar-refractivity contribution in [3.8, 4) is 0 Å². The van der Waals surface area contributed by atoms with Crippen LogP contribution in [-0.4, -0.2) is 16.1 Å². The van der Waals surface area contributed by atoms with E-state index < -0.39 is 0 Å². The Morgan fingerprint density at radius 2 is 1.72 bits per heavy atom. The van der Waals surface area contributed by atoms with E-state index in [1.165, 1.54) is 33.8 Å². The third-order valence-electron chi connectivity index (χ3n) is 4.69. The summed E-state index contributed by atoms with van der Waals surface area (Å²) in [7, 11) is 0. The van der Waals surface area contributed by atoms with Crippen LogP contribution in [0, 0.1) is 0 Å². The predicted octanol–water partition coefficient (Wildman–Crippen LogP) is 5.45. The van der Waals surface area contributed by atoms with Crippen LogP contribution >= 0.6 is 0 Å². The summed E-state index contributed by atoms with van der Waals surface area (Å²) in [6.45, 7) is 4.03. The molecule has 0 saturated carbocycles. The molecule has 0 radical (unpaired) electrons. The van der Waals surface area contributed by atoms with Gasteiger partial charge in [0.25, 0.3) is 0 Å². The maximum Gasteiger partial charge on any atom is 0.136 e. The zero-order valence-corrected chi connectivity index (χ0v) is 14.6. The van der Waals surface area contributed by atoms with E-state index in [-0.39, 0.29) is 0 Å². The van der Waals surface area contributed by atoms with Gasteiger partial charge < -0.3 is 9.88 Å². The number of rotatable bonds is 6. The van der Waals surface area contributed by atoms with Gasteiger partial charge in [0.2, 0.25) is 0 Å². The molecule has 3 nitrogen and oxygen atoms in total. The van der Waals surface area contributed by atoms with Crippen molar-refractivity contribution in [1.29, 1.82) is 0 Å². The first-order chi connectivity index (χ1) is 12.4. The maximum absolute atomic E-state index is 4.62. The van der Waals surface area contributed by atoms with E-state index >= 15 is 0 Å². The Morgan fingerprint density at radius 1 is 0.920 bits per heavy atom. The van der Waals surface area contributed by atoms with Gasteiger partial charge >= 0.3 is 0 Å². The van der Waals surface area contributed by atoms with E-state index in [9.17, 15) is 0 Å². The number of hydrogen-bond acceptors (Lipinski definition) is 2. The summed E-state index contributed by atoms with van der Waals surface area (Å²) in [5.41, 5.74) is 3.80. The predicted molar refractivity (Wildman–Crippen MR) is 106 cm³/mol. The summed E-state index contributed by atoms with van der Waals surface area (Å²) >= 11 is 0. The Bertz CT molecular complexity index is 986. The number of pyridine rings is 1. The highest BCUT2D eigenvalue weighted by Gasteiger charge is 2.14. The summed E-state index contributed by atoms with van der Waals surface area (Å²) in [4.78, 5) is 4.62. The Morgan fingerprint density at radius 3 is 2.56 bits per heavy atom. The first-order valence-corrected chi connectivity index (χ1v) is 9.02. The van der Waals surface area contributed by atoms with E-state index in [0.29, 0.717) is 0 Å². The summed E-state index contributed by atoms with van der Waals surface area (Å²) in [6.07, 6.45) is 4.25. The minimum Gasteiger partial charge on any atom is -0.369 e. The van der Waals surface area contributed by atoms with Gasteiger partial charge in [-0.1, -0.05) is 61.9 Å². The lowest BCUT2D eigenvalue weighted by Crippen LogP contribution is -2.03. The normalized spacial score (nSPS) is 11.2. The third-order valence-corrected chi connectivity index (χ3v) is 4.69. The fourth-order valence-electron chi connectivity index (χ4n) is 3.45. The molecule has 2 aromatic heterocycles. The number of nitrogens with one attached hydrogen (secondary N) is 1. The van der Waals surface area contributed by atoms with Gasteiger partial charge in [-0.2, -0.15) is 0 Å². The number of anilines is 1. The van der Waals surface area contributed by atoms with Gasteiger partial charge in [-0.15, -0.1) is 0 Å². The summed E-state index contributed by atoms with van der Waals surface area (Å²) < 4.78 is 2.40. The molecule has 0 bridgehead atoms. The van der Waals surface area contributed by atoms with Crippen molar-refractivity contribution in [3.63, 3.8) is 0 Å². The number of hydrogen-bond donors (Lipinski definition) is 1. The fraction of sp³-hybridized carbons (Fsp3) is 0.227. The number of unbranched alkanes of at least 4 members (excludes halogenated alkanes) is 1. The lowest BCUT2D eigenvalue weighted by molar-refractivity contribution is 0.831. The highest BCUT2D eigenvalue weighted by molar-refractivity contribution is 6.13. The summed E-state index contributed by atoms with van der Waals surface area (Å²) in [5, 5.41) is 6.02. The van der Waals surface area contributed by atoms with Crippen LogP contribution in [0.25, 0.3) is 21.8 Å². The first kappa shape index (κ1) is 15.7. The number of benzene rings is 2. The molecule has 4 rings (SSSR count). The highest BCUT2D eigenvalue weighted by atomic mass is 15.0. The van der Waals surface area contributed by atoms with Crippen molar-refractivity contribution >= 4 is 27.6 Å². The monoisotopic (exact) mass is 329 g/mol. The molecule has 0 saturated heterocycles. The van der Waals surface area contributed by atoms with Gasteiger partial charge in [-0.3, -0.25) is 0 Å². The topological polar surface area (TPSA) is 29.9 Å². The Hall–Kier alpha value is -2.81. The van der Waals surface area contributed by atoms with E-state index in [2.05, 4.69) is 82.5 Å². The quantitative estimate of drug-likeness (QED) is 0.477. The Labute approximate surface area is 148 Å². The fourth-order valence-corrected chi connectivity index (χ4v) is 3.45. The molecule has 0 aliphatic carbocycles. The van der Waals surface area contributed by atoms with Crippen LogP contribution in [0.2, 0.25) is 0 Å². The van der Waals surface area contributed by atoms with Crippen molar-refractivity contribution in [2.75, 3.05) is 11.9 Å². The number of para-hydroxylation sites is 1. The Balaban J connectivity index is 1.88. The highest BCUT2D eigenvalue weighted by Crippen LogP contribution is 2.33. The molecule has 25 heavy (non-hydrogen) atoms. The van der Waals surface area contributed by atoms with Crippen LogP contribution in [0.4, 0.5) is 5.82 Å². The molecule has 0 spiro atoms. The van der Waals surface area contributed by atoms with Gasteiger partial charge in [0.05, 0.1) is 5.52 Å². The van der Waals surface area contributed by atoms with Crippen molar-refractivity contribution < 1.29 is 0 Å². The van der Waals surface area contributed by atoms with Crippen LogP contribution in [-0.2, 0) is 6.54 Å². The van der Waals surface area contributed by atoms with E-state index in [4.69, 9.17) is 0 Å². The molecule has 0 amide bonds. The van der Waals surface area contributed by atoms with Crippen molar-refractivity contribution in [2.45, 2.75) is 26.3 Å². The van der Waals surface area contributed by atoms with Crippen molar-refractivity contribution in [1.82, 2.24) is 9.55 Å².